The Morgan fingerprint density at radius 1 is 1.24 bits per heavy atom. The number of ether oxygens (including phenoxy) is 1. The topological polar surface area (TPSA) is 93.5 Å². The Hall–Kier alpha value is -2.48. The fourth-order valence-corrected chi connectivity index (χ4v) is 3.91. The van der Waals surface area contributed by atoms with Crippen molar-refractivity contribution >= 4 is 23.6 Å². The lowest BCUT2D eigenvalue weighted by Gasteiger charge is -2.33. The Labute approximate surface area is 149 Å². The van der Waals surface area contributed by atoms with Crippen LogP contribution < -0.4 is 10.1 Å². The van der Waals surface area contributed by atoms with Crippen LogP contribution >= 0.6 is 11.8 Å². The number of rotatable bonds is 5. The number of nitrogens with zero attached hydrogens (tertiary/aromatic N) is 2. The Bertz CT molecular complexity index is 766. The van der Waals surface area contributed by atoms with E-state index in [-0.39, 0.29) is 5.69 Å². The second-order valence-electron chi connectivity index (χ2n) is 5.80. The highest BCUT2D eigenvalue weighted by Crippen LogP contribution is 2.27. The van der Waals surface area contributed by atoms with E-state index in [2.05, 4.69) is 10.4 Å². The molecule has 132 valence electrons. The highest BCUT2D eigenvalue weighted by molar-refractivity contribution is 7.99. The summed E-state index contributed by atoms with van der Waals surface area (Å²) in [5, 5.41) is 16.5. The van der Waals surface area contributed by atoms with Gasteiger partial charge in [0.2, 0.25) is 0 Å². The van der Waals surface area contributed by atoms with Crippen LogP contribution in [0.4, 0.5) is 0 Å². The van der Waals surface area contributed by atoms with E-state index in [9.17, 15) is 14.7 Å². The van der Waals surface area contributed by atoms with Crippen LogP contribution in [0.25, 0.3) is 5.69 Å². The predicted molar refractivity (Wildman–Crippen MR) is 94.5 cm³/mol. The summed E-state index contributed by atoms with van der Waals surface area (Å²) in [4.78, 5) is 24.2. The van der Waals surface area contributed by atoms with Gasteiger partial charge in [-0.05, 0) is 54.7 Å². The molecule has 0 atom stereocenters. The minimum absolute atomic E-state index is 0.190. The summed E-state index contributed by atoms with van der Waals surface area (Å²) in [5.74, 6) is 0.699. The minimum Gasteiger partial charge on any atom is -0.497 e. The van der Waals surface area contributed by atoms with Crippen molar-refractivity contribution < 1.29 is 19.4 Å². The molecule has 1 aromatic heterocycles. The van der Waals surface area contributed by atoms with Gasteiger partial charge >= 0.3 is 5.97 Å². The summed E-state index contributed by atoms with van der Waals surface area (Å²) in [6.07, 6.45) is 2.50. The summed E-state index contributed by atoms with van der Waals surface area (Å²) in [5.41, 5.74) is -0.233. The van der Waals surface area contributed by atoms with E-state index < -0.39 is 17.4 Å². The Morgan fingerprint density at radius 3 is 2.52 bits per heavy atom. The van der Waals surface area contributed by atoms with Gasteiger partial charge in [0.15, 0.2) is 5.69 Å². The molecular formula is C17H19N3O4S. The third-order valence-electron chi connectivity index (χ3n) is 4.27. The molecule has 1 aliphatic heterocycles. The van der Waals surface area contributed by atoms with Crippen LogP contribution in [-0.2, 0) is 4.79 Å². The molecular weight excluding hydrogens is 342 g/mol. The van der Waals surface area contributed by atoms with Gasteiger partial charge in [-0.25, -0.2) is 9.48 Å². The van der Waals surface area contributed by atoms with Crippen LogP contribution in [0.5, 0.6) is 5.75 Å². The SMILES string of the molecule is COc1ccc(-n2ccc(C(=O)NC3(C(=O)O)CCSCC3)n2)cc1. The van der Waals surface area contributed by atoms with Crippen molar-refractivity contribution in [1.29, 1.82) is 0 Å². The van der Waals surface area contributed by atoms with E-state index in [4.69, 9.17) is 4.74 Å². The van der Waals surface area contributed by atoms with Crippen LogP contribution in [0.1, 0.15) is 23.3 Å². The van der Waals surface area contributed by atoms with Crippen LogP contribution in [-0.4, -0.2) is 50.9 Å². The molecule has 1 saturated heterocycles. The van der Waals surface area contributed by atoms with Crippen LogP contribution in [0.15, 0.2) is 36.5 Å². The molecule has 1 amide bonds. The van der Waals surface area contributed by atoms with Crippen LogP contribution in [0.3, 0.4) is 0 Å². The molecule has 7 nitrogen and oxygen atoms in total. The molecule has 1 fully saturated rings. The molecule has 2 aromatic rings. The first-order valence-electron chi connectivity index (χ1n) is 7.88. The van der Waals surface area contributed by atoms with Crippen molar-refractivity contribution in [3.05, 3.63) is 42.2 Å². The standard InChI is InChI=1S/C17H19N3O4S/c1-24-13-4-2-12(3-5-13)20-9-6-14(19-20)15(21)18-17(16(22)23)7-10-25-11-8-17/h2-6,9H,7-8,10-11H2,1H3,(H,18,21)(H,22,23). The molecule has 2 heterocycles. The third kappa shape index (κ3) is 3.63. The molecule has 3 rings (SSSR count). The zero-order valence-corrected chi connectivity index (χ0v) is 14.6. The number of amides is 1. The van der Waals surface area contributed by atoms with Gasteiger partial charge in [-0.15, -0.1) is 0 Å². The van der Waals surface area contributed by atoms with Gasteiger partial charge in [0, 0.05) is 6.20 Å². The van der Waals surface area contributed by atoms with Gasteiger partial charge < -0.3 is 15.2 Å². The Morgan fingerprint density at radius 2 is 1.92 bits per heavy atom. The summed E-state index contributed by atoms with van der Waals surface area (Å²) in [6.45, 7) is 0. The zero-order chi connectivity index (χ0) is 17.9. The number of carboxylic acids is 1. The van der Waals surface area contributed by atoms with Crippen molar-refractivity contribution in [2.24, 2.45) is 0 Å². The summed E-state index contributed by atoms with van der Waals surface area (Å²) in [7, 11) is 1.59. The maximum Gasteiger partial charge on any atom is 0.329 e. The first-order valence-corrected chi connectivity index (χ1v) is 9.03. The third-order valence-corrected chi connectivity index (χ3v) is 5.25. The summed E-state index contributed by atoms with van der Waals surface area (Å²) in [6, 6.07) is 8.83. The zero-order valence-electron chi connectivity index (χ0n) is 13.8. The highest BCUT2D eigenvalue weighted by Gasteiger charge is 2.41. The molecule has 1 aliphatic rings. The number of carboxylic acid groups (broad SMARTS) is 1. The molecule has 0 aliphatic carbocycles. The number of hydrogen-bond acceptors (Lipinski definition) is 5. The molecule has 8 heteroatoms. The van der Waals surface area contributed by atoms with Crippen molar-refractivity contribution in [2.75, 3.05) is 18.6 Å². The monoisotopic (exact) mass is 361 g/mol. The van der Waals surface area contributed by atoms with Crippen molar-refractivity contribution in [3.63, 3.8) is 0 Å². The van der Waals surface area contributed by atoms with Crippen molar-refractivity contribution in [2.45, 2.75) is 18.4 Å². The molecule has 0 radical (unpaired) electrons. The molecule has 25 heavy (non-hydrogen) atoms. The molecule has 1 aromatic carbocycles. The molecule has 0 unspecified atom stereocenters. The average Bonchev–Trinajstić information content (AvgIpc) is 3.13. The van der Waals surface area contributed by atoms with Crippen molar-refractivity contribution in [1.82, 2.24) is 15.1 Å². The predicted octanol–water partition coefficient (Wildman–Crippen LogP) is 1.96. The first kappa shape index (κ1) is 17.3. The maximum absolute atomic E-state index is 12.5. The fourth-order valence-electron chi connectivity index (χ4n) is 2.72. The number of aromatic nitrogens is 2. The first-order chi connectivity index (χ1) is 12.0. The van der Waals surface area contributed by atoms with Crippen LogP contribution in [0, 0.1) is 0 Å². The summed E-state index contributed by atoms with van der Waals surface area (Å²) >= 11 is 1.70. The number of aliphatic carboxylic acids is 1. The summed E-state index contributed by atoms with van der Waals surface area (Å²) < 4.78 is 6.68. The highest BCUT2D eigenvalue weighted by atomic mass is 32.2. The normalized spacial score (nSPS) is 16.2. The van der Waals surface area contributed by atoms with Gasteiger partial charge in [-0.2, -0.15) is 16.9 Å². The van der Waals surface area contributed by atoms with E-state index in [1.54, 1.807) is 47.9 Å². The number of benzene rings is 1. The second-order valence-corrected chi connectivity index (χ2v) is 7.02. The number of nitrogens with one attached hydrogen (secondary N) is 1. The Kier molecular flexibility index (Phi) is 4.98. The van der Waals surface area contributed by atoms with E-state index in [0.29, 0.717) is 24.3 Å². The lowest BCUT2D eigenvalue weighted by molar-refractivity contribution is -0.144. The largest absolute Gasteiger partial charge is 0.497 e. The maximum atomic E-state index is 12.5. The van der Waals surface area contributed by atoms with Gasteiger partial charge in [0.25, 0.3) is 5.91 Å². The Balaban J connectivity index is 1.76. The number of carbonyl (C=O) groups is 2. The van der Waals surface area contributed by atoms with E-state index in [1.807, 2.05) is 12.1 Å². The number of hydrogen-bond donors (Lipinski definition) is 2. The number of carbonyl (C=O) groups excluding carboxylic acids is 1. The second kappa shape index (κ2) is 7.18. The lowest BCUT2D eigenvalue weighted by Crippen LogP contribution is -2.56. The van der Waals surface area contributed by atoms with Gasteiger partial charge in [0.1, 0.15) is 11.3 Å². The average molecular weight is 361 g/mol. The quantitative estimate of drug-likeness (QED) is 0.846. The number of methoxy groups -OCH3 is 1. The van der Waals surface area contributed by atoms with Crippen LogP contribution in [0.2, 0.25) is 0 Å². The van der Waals surface area contributed by atoms with Gasteiger partial charge in [-0.1, -0.05) is 0 Å². The van der Waals surface area contributed by atoms with E-state index in [1.165, 1.54) is 0 Å². The molecule has 0 saturated carbocycles. The lowest BCUT2D eigenvalue weighted by atomic mass is 9.92. The van der Waals surface area contributed by atoms with Gasteiger partial charge in [0.05, 0.1) is 12.8 Å². The molecule has 0 spiro atoms. The van der Waals surface area contributed by atoms with Crippen molar-refractivity contribution in [3.8, 4) is 11.4 Å². The van der Waals surface area contributed by atoms with E-state index in [0.717, 1.165) is 11.4 Å². The van der Waals surface area contributed by atoms with E-state index >= 15 is 0 Å². The smallest absolute Gasteiger partial charge is 0.329 e. The number of thioether (sulfide) groups is 1. The minimum atomic E-state index is -1.20. The molecule has 2 N–H and O–H groups in total. The fraction of sp³-hybridized carbons (Fsp3) is 0.353. The molecule has 0 bridgehead atoms. The van der Waals surface area contributed by atoms with Gasteiger partial charge in [-0.3, -0.25) is 4.79 Å².